The van der Waals surface area contributed by atoms with Crippen molar-refractivity contribution in [3.05, 3.63) is 59.1 Å². The lowest BCUT2D eigenvalue weighted by molar-refractivity contribution is 0.127. The Morgan fingerprint density at radius 1 is 1.31 bits per heavy atom. The largest absolute Gasteiger partial charge is 0.490 e. The van der Waals surface area contributed by atoms with Crippen LogP contribution in [0, 0.1) is 12.7 Å². The van der Waals surface area contributed by atoms with Gasteiger partial charge in [-0.05, 0) is 71.6 Å². The smallest absolute Gasteiger partial charge is 0.127 e. The number of hydrogen-bond acceptors (Lipinski definition) is 6. The highest BCUT2D eigenvalue weighted by atomic mass is 19.1. The third-order valence-corrected chi connectivity index (χ3v) is 6.66. The first-order valence-corrected chi connectivity index (χ1v) is 12.3. The van der Waals surface area contributed by atoms with Crippen LogP contribution in [0.15, 0.2) is 41.4 Å². The number of nitrogens with zero attached hydrogens (tertiary/aromatic N) is 6. The van der Waals surface area contributed by atoms with Gasteiger partial charge in [-0.1, -0.05) is 0 Å². The maximum absolute atomic E-state index is 13.8. The lowest BCUT2D eigenvalue weighted by Gasteiger charge is -2.30. The monoisotopic (exact) mass is 493 g/mol. The molecule has 0 radical (unpaired) electrons. The fourth-order valence-electron chi connectivity index (χ4n) is 4.84. The van der Waals surface area contributed by atoms with Gasteiger partial charge in [0.15, 0.2) is 0 Å². The van der Waals surface area contributed by atoms with E-state index in [2.05, 4.69) is 33.7 Å². The van der Waals surface area contributed by atoms with Gasteiger partial charge in [0.1, 0.15) is 17.4 Å². The number of aryl methyl sites for hydroxylation is 1. The normalized spacial score (nSPS) is 18.5. The van der Waals surface area contributed by atoms with E-state index in [1.807, 2.05) is 51.6 Å². The van der Waals surface area contributed by atoms with Gasteiger partial charge in [-0.15, -0.1) is 0 Å². The molecule has 0 bridgehead atoms. The molecule has 1 fully saturated rings. The van der Waals surface area contributed by atoms with Crippen molar-refractivity contribution in [1.29, 1.82) is 0 Å². The molecule has 8 nitrogen and oxygen atoms in total. The molecule has 2 aromatic heterocycles. The third kappa shape index (κ3) is 5.67. The van der Waals surface area contributed by atoms with Crippen LogP contribution >= 0.6 is 0 Å². The molecule has 0 spiro atoms. The summed E-state index contributed by atoms with van der Waals surface area (Å²) in [5.41, 5.74) is 4.88. The summed E-state index contributed by atoms with van der Waals surface area (Å²) in [4.78, 5) is 6.12. The molecule has 1 N–H and O–H groups in total. The minimum absolute atomic E-state index is 0.0868. The molecule has 0 unspecified atom stereocenters. The maximum atomic E-state index is 13.8. The summed E-state index contributed by atoms with van der Waals surface area (Å²) in [6, 6.07) is 5.02. The van der Waals surface area contributed by atoms with E-state index in [1.165, 1.54) is 6.07 Å². The minimum Gasteiger partial charge on any atom is -0.490 e. The molecule has 2 heterocycles. The quantitative estimate of drug-likeness (QED) is 0.442. The van der Waals surface area contributed by atoms with E-state index in [4.69, 9.17) is 9.84 Å². The van der Waals surface area contributed by atoms with Gasteiger partial charge in [0, 0.05) is 49.6 Å². The van der Waals surface area contributed by atoms with E-state index in [1.54, 1.807) is 16.8 Å². The van der Waals surface area contributed by atoms with Crippen LogP contribution in [0.2, 0.25) is 0 Å². The Hall–Kier alpha value is -3.46. The van der Waals surface area contributed by atoms with Gasteiger partial charge in [0.25, 0.3) is 0 Å². The second kappa shape index (κ2) is 11.1. The highest BCUT2D eigenvalue weighted by Gasteiger charge is 2.28. The van der Waals surface area contributed by atoms with E-state index in [9.17, 15) is 4.39 Å². The standard InChI is InChI=1S/C27H36FN7O/c1-18-24(14-26(29-2)30-3)35(32-27(18)20-15-31-34(6)17-20)22-8-10-23(11-9-22)36-25-12-7-21(28)13-19(25)16-33(4)5/h7,12-15,17,22-23,30H,2,8-11,16H2,1,3-6H3/b26-14+/t22-,23+. The van der Waals surface area contributed by atoms with Crippen LogP contribution in [0.25, 0.3) is 17.3 Å². The summed E-state index contributed by atoms with van der Waals surface area (Å²) in [7, 11) is 7.68. The Kier molecular flexibility index (Phi) is 7.88. The first-order chi connectivity index (χ1) is 17.3. The Labute approximate surface area is 212 Å². The van der Waals surface area contributed by atoms with Gasteiger partial charge in [-0.25, -0.2) is 9.38 Å². The van der Waals surface area contributed by atoms with Crippen molar-refractivity contribution in [3.8, 4) is 17.0 Å². The minimum atomic E-state index is -0.239. The number of halogens is 1. The van der Waals surface area contributed by atoms with Gasteiger partial charge in [0.2, 0.25) is 0 Å². The van der Waals surface area contributed by atoms with E-state index < -0.39 is 0 Å². The van der Waals surface area contributed by atoms with Gasteiger partial charge in [-0.2, -0.15) is 10.2 Å². The number of rotatable bonds is 9. The molecule has 1 saturated carbocycles. The topological polar surface area (TPSA) is 72.5 Å². The molecule has 192 valence electrons. The van der Waals surface area contributed by atoms with E-state index in [-0.39, 0.29) is 18.0 Å². The molecule has 1 aliphatic rings. The Morgan fingerprint density at radius 2 is 2.06 bits per heavy atom. The zero-order valence-corrected chi connectivity index (χ0v) is 21.8. The number of aromatic nitrogens is 4. The summed E-state index contributed by atoms with van der Waals surface area (Å²) >= 11 is 0. The first kappa shape index (κ1) is 25.6. The lowest BCUT2D eigenvalue weighted by Crippen LogP contribution is -2.27. The van der Waals surface area contributed by atoms with Crippen molar-refractivity contribution < 1.29 is 9.13 Å². The summed E-state index contributed by atoms with van der Waals surface area (Å²) in [5.74, 6) is 1.22. The summed E-state index contributed by atoms with van der Waals surface area (Å²) in [6.07, 6.45) is 9.57. The number of benzene rings is 1. The van der Waals surface area contributed by atoms with E-state index >= 15 is 0 Å². The van der Waals surface area contributed by atoms with E-state index in [0.717, 1.165) is 59.5 Å². The van der Waals surface area contributed by atoms with Crippen LogP contribution in [0.4, 0.5) is 4.39 Å². The number of hydrogen-bond donors (Lipinski definition) is 1. The number of aliphatic imine (C=N–C) groups is 1. The first-order valence-electron chi connectivity index (χ1n) is 12.3. The van der Waals surface area contributed by atoms with Crippen LogP contribution in [0.5, 0.6) is 5.75 Å². The Bertz CT molecular complexity index is 1230. The Balaban J connectivity index is 1.56. The van der Waals surface area contributed by atoms with Crippen molar-refractivity contribution in [3.63, 3.8) is 0 Å². The molecule has 0 atom stereocenters. The van der Waals surface area contributed by atoms with Crippen LogP contribution < -0.4 is 10.1 Å². The summed E-state index contributed by atoms with van der Waals surface area (Å²) < 4.78 is 24.1. The third-order valence-electron chi connectivity index (χ3n) is 6.66. The predicted molar refractivity (Wildman–Crippen MR) is 141 cm³/mol. The highest BCUT2D eigenvalue weighted by molar-refractivity contribution is 5.68. The van der Waals surface area contributed by atoms with Crippen LogP contribution in [-0.2, 0) is 13.6 Å². The molecule has 9 heteroatoms. The average Bonchev–Trinajstić information content (AvgIpc) is 3.42. The maximum Gasteiger partial charge on any atom is 0.127 e. The van der Waals surface area contributed by atoms with Crippen molar-refractivity contribution >= 4 is 12.8 Å². The molecular formula is C27H36FN7O. The van der Waals surface area contributed by atoms with Crippen LogP contribution in [0.1, 0.15) is 48.5 Å². The van der Waals surface area contributed by atoms with Crippen molar-refractivity contribution in [2.45, 2.75) is 51.3 Å². The molecule has 0 saturated heterocycles. The van der Waals surface area contributed by atoms with Crippen molar-refractivity contribution in [2.24, 2.45) is 12.0 Å². The fourth-order valence-corrected chi connectivity index (χ4v) is 4.84. The number of ether oxygens (including phenoxy) is 1. The molecule has 36 heavy (non-hydrogen) atoms. The fraction of sp³-hybridized carbons (Fsp3) is 0.444. The predicted octanol–water partition coefficient (Wildman–Crippen LogP) is 4.57. The van der Waals surface area contributed by atoms with Crippen LogP contribution in [-0.4, -0.2) is 58.4 Å². The zero-order valence-electron chi connectivity index (χ0n) is 21.8. The van der Waals surface area contributed by atoms with Crippen molar-refractivity contribution in [1.82, 2.24) is 29.8 Å². The number of nitrogens with one attached hydrogen (secondary N) is 1. The molecule has 0 aliphatic heterocycles. The van der Waals surface area contributed by atoms with Crippen molar-refractivity contribution in [2.75, 3.05) is 21.1 Å². The average molecular weight is 494 g/mol. The SMILES string of the molecule is C=N/C(=C\c1c(C)c(-c2cnn(C)c2)nn1[C@H]1CC[C@@H](Oc2ccc(F)cc2CN(C)C)CC1)NC. The van der Waals surface area contributed by atoms with Gasteiger partial charge >= 0.3 is 0 Å². The lowest BCUT2D eigenvalue weighted by atomic mass is 9.92. The summed E-state index contributed by atoms with van der Waals surface area (Å²) in [5, 5.41) is 12.5. The second-order valence-electron chi connectivity index (χ2n) is 9.68. The van der Waals surface area contributed by atoms with Crippen LogP contribution in [0.3, 0.4) is 0 Å². The molecular weight excluding hydrogens is 457 g/mol. The van der Waals surface area contributed by atoms with Gasteiger partial charge < -0.3 is 15.0 Å². The van der Waals surface area contributed by atoms with E-state index in [0.29, 0.717) is 12.4 Å². The molecule has 0 amide bonds. The second-order valence-corrected chi connectivity index (χ2v) is 9.68. The Morgan fingerprint density at radius 3 is 2.67 bits per heavy atom. The van der Waals surface area contributed by atoms with Gasteiger partial charge in [-0.3, -0.25) is 9.36 Å². The summed E-state index contributed by atoms with van der Waals surface area (Å²) in [6.45, 7) is 6.40. The molecule has 4 rings (SSSR count). The molecule has 1 aromatic carbocycles. The molecule has 3 aromatic rings. The van der Waals surface area contributed by atoms with Gasteiger partial charge in [0.05, 0.1) is 29.7 Å². The molecule has 1 aliphatic carbocycles. The zero-order chi connectivity index (χ0) is 25.8. The highest BCUT2D eigenvalue weighted by Crippen LogP contribution is 2.36.